The summed E-state index contributed by atoms with van der Waals surface area (Å²) in [6.45, 7) is 8.53. The van der Waals surface area contributed by atoms with Crippen molar-refractivity contribution in [2.75, 3.05) is 5.73 Å². The fraction of sp³-hybridized carbons (Fsp3) is 0.462. The summed E-state index contributed by atoms with van der Waals surface area (Å²) in [5, 5.41) is 0. The van der Waals surface area contributed by atoms with Crippen LogP contribution in [0.1, 0.15) is 33.7 Å². The SMILES string of the molecule is CC(n1c(N)nc2cc(F)ccc21)C(C)(C)C. The van der Waals surface area contributed by atoms with Crippen LogP contribution in [0, 0.1) is 11.2 Å². The second-order valence-corrected chi connectivity index (χ2v) is 5.52. The van der Waals surface area contributed by atoms with Gasteiger partial charge in [0.05, 0.1) is 11.0 Å². The normalized spacial score (nSPS) is 14.2. The first-order chi connectivity index (χ1) is 7.80. The van der Waals surface area contributed by atoms with Crippen LogP contribution < -0.4 is 5.73 Å². The van der Waals surface area contributed by atoms with Crippen LogP contribution in [0.3, 0.4) is 0 Å². The van der Waals surface area contributed by atoms with Crippen LogP contribution in [0.4, 0.5) is 10.3 Å². The summed E-state index contributed by atoms with van der Waals surface area (Å²) < 4.78 is 15.1. The van der Waals surface area contributed by atoms with Gasteiger partial charge in [-0.05, 0) is 24.5 Å². The van der Waals surface area contributed by atoms with Gasteiger partial charge in [0.15, 0.2) is 0 Å². The van der Waals surface area contributed by atoms with Gasteiger partial charge >= 0.3 is 0 Å². The van der Waals surface area contributed by atoms with Crippen molar-refractivity contribution < 1.29 is 4.39 Å². The zero-order chi connectivity index (χ0) is 12.8. The maximum Gasteiger partial charge on any atom is 0.201 e. The number of benzene rings is 1. The molecule has 0 aliphatic heterocycles. The summed E-state index contributed by atoms with van der Waals surface area (Å²) in [4.78, 5) is 4.21. The van der Waals surface area contributed by atoms with E-state index in [2.05, 4.69) is 32.7 Å². The number of anilines is 1. The van der Waals surface area contributed by atoms with Crippen molar-refractivity contribution in [1.29, 1.82) is 0 Å². The fourth-order valence-corrected chi connectivity index (χ4v) is 1.88. The van der Waals surface area contributed by atoms with Crippen molar-refractivity contribution in [2.24, 2.45) is 5.41 Å². The smallest absolute Gasteiger partial charge is 0.201 e. The fourth-order valence-electron chi connectivity index (χ4n) is 1.88. The highest BCUT2D eigenvalue weighted by Crippen LogP contribution is 2.34. The zero-order valence-corrected chi connectivity index (χ0v) is 10.7. The monoisotopic (exact) mass is 235 g/mol. The molecule has 0 radical (unpaired) electrons. The molecule has 0 aliphatic carbocycles. The van der Waals surface area contributed by atoms with E-state index in [1.54, 1.807) is 6.07 Å². The molecule has 0 saturated carbocycles. The molecule has 92 valence electrons. The van der Waals surface area contributed by atoms with Gasteiger partial charge in [-0.15, -0.1) is 0 Å². The van der Waals surface area contributed by atoms with Crippen molar-refractivity contribution in [3.8, 4) is 0 Å². The van der Waals surface area contributed by atoms with Crippen LogP contribution in [-0.2, 0) is 0 Å². The molecule has 0 bridgehead atoms. The topological polar surface area (TPSA) is 43.8 Å². The predicted molar refractivity (Wildman–Crippen MR) is 68.3 cm³/mol. The van der Waals surface area contributed by atoms with Crippen LogP contribution >= 0.6 is 0 Å². The van der Waals surface area contributed by atoms with Crippen LogP contribution in [0.5, 0.6) is 0 Å². The molecule has 2 aromatic rings. The standard InChI is InChI=1S/C13H18FN3/c1-8(13(2,3)4)17-11-6-5-9(14)7-10(11)16-12(17)15/h5-8H,1-4H3,(H2,15,16). The molecule has 0 aliphatic rings. The third-order valence-corrected chi connectivity index (χ3v) is 3.32. The summed E-state index contributed by atoms with van der Waals surface area (Å²) in [5.74, 6) is 0.151. The van der Waals surface area contributed by atoms with Crippen molar-refractivity contribution in [3.05, 3.63) is 24.0 Å². The van der Waals surface area contributed by atoms with Crippen molar-refractivity contribution in [3.63, 3.8) is 0 Å². The van der Waals surface area contributed by atoms with Crippen LogP contribution in [0.25, 0.3) is 11.0 Å². The predicted octanol–water partition coefficient (Wildman–Crippen LogP) is 3.36. The highest BCUT2D eigenvalue weighted by atomic mass is 19.1. The number of rotatable bonds is 1. The van der Waals surface area contributed by atoms with Crippen LogP contribution in [-0.4, -0.2) is 9.55 Å². The number of hydrogen-bond acceptors (Lipinski definition) is 2. The Hall–Kier alpha value is -1.58. The Morgan fingerprint density at radius 2 is 2.00 bits per heavy atom. The van der Waals surface area contributed by atoms with E-state index in [1.165, 1.54) is 12.1 Å². The Morgan fingerprint density at radius 1 is 1.35 bits per heavy atom. The highest BCUT2D eigenvalue weighted by molar-refractivity contribution is 5.78. The number of hydrogen-bond donors (Lipinski definition) is 1. The summed E-state index contributed by atoms with van der Waals surface area (Å²) in [6, 6.07) is 4.78. The Morgan fingerprint density at radius 3 is 2.59 bits per heavy atom. The minimum atomic E-state index is -0.287. The lowest BCUT2D eigenvalue weighted by atomic mass is 9.88. The maximum atomic E-state index is 13.1. The molecule has 2 rings (SSSR count). The molecule has 0 spiro atoms. The second kappa shape index (κ2) is 3.72. The molecule has 0 saturated heterocycles. The number of nitrogen functional groups attached to an aromatic ring is 1. The lowest BCUT2D eigenvalue weighted by Crippen LogP contribution is -2.22. The summed E-state index contributed by atoms with van der Waals surface area (Å²) in [7, 11) is 0. The van der Waals surface area contributed by atoms with Crippen molar-refractivity contribution in [2.45, 2.75) is 33.7 Å². The molecule has 1 unspecified atom stereocenters. The number of imidazole rings is 1. The summed E-state index contributed by atoms with van der Waals surface area (Å²) in [5.41, 5.74) is 7.49. The number of halogens is 1. The van der Waals surface area contributed by atoms with E-state index in [0.717, 1.165) is 5.52 Å². The first-order valence-corrected chi connectivity index (χ1v) is 5.73. The van der Waals surface area contributed by atoms with Crippen molar-refractivity contribution in [1.82, 2.24) is 9.55 Å². The van der Waals surface area contributed by atoms with E-state index < -0.39 is 0 Å². The van der Waals surface area contributed by atoms with Gasteiger partial charge in [0.2, 0.25) is 5.95 Å². The minimum Gasteiger partial charge on any atom is -0.369 e. The lowest BCUT2D eigenvalue weighted by Gasteiger charge is -2.29. The molecule has 1 aromatic heterocycles. The Balaban J connectivity index is 2.65. The van der Waals surface area contributed by atoms with E-state index in [4.69, 9.17) is 5.73 Å². The molecule has 2 N–H and O–H groups in total. The molecule has 1 atom stereocenters. The summed E-state index contributed by atoms with van der Waals surface area (Å²) >= 11 is 0. The molecule has 0 amide bonds. The molecule has 4 heteroatoms. The minimum absolute atomic E-state index is 0.0656. The Bertz CT molecular complexity index is 552. The second-order valence-electron chi connectivity index (χ2n) is 5.52. The third-order valence-electron chi connectivity index (χ3n) is 3.32. The molecule has 3 nitrogen and oxygen atoms in total. The van der Waals surface area contributed by atoms with E-state index in [9.17, 15) is 4.39 Å². The number of fused-ring (bicyclic) bond motifs is 1. The van der Waals surface area contributed by atoms with Gasteiger partial charge in [-0.25, -0.2) is 9.37 Å². The quantitative estimate of drug-likeness (QED) is 0.823. The van der Waals surface area contributed by atoms with Gasteiger partial charge in [0.25, 0.3) is 0 Å². The van der Waals surface area contributed by atoms with Gasteiger partial charge in [-0.3, -0.25) is 0 Å². The lowest BCUT2D eigenvalue weighted by molar-refractivity contribution is 0.270. The number of aromatic nitrogens is 2. The van der Waals surface area contributed by atoms with E-state index in [0.29, 0.717) is 11.5 Å². The van der Waals surface area contributed by atoms with Gasteiger partial charge in [0.1, 0.15) is 5.82 Å². The van der Waals surface area contributed by atoms with Gasteiger partial charge in [0, 0.05) is 12.1 Å². The largest absolute Gasteiger partial charge is 0.369 e. The van der Waals surface area contributed by atoms with Gasteiger partial charge in [-0.2, -0.15) is 0 Å². The third kappa shape index (κ3) is 1.99. The van der Waals surface area contributed by atoms with Crippen LogP contribution in [0.15, 0.2) is 18.2 Å². The number of nitrogens with zero attached hydrogens (tertiary/aromatic N) is 2. The number of nitrogens with two attached hydrogens (primary N) is 1. The molecule has 0 fully saturated rings. The first-order valence-electron chi connectivity index (χ1n) is 5.73. The van der Waals surface area contributed by atoms with Crippen LogP contribution in [0.2, 0.25) is 0 Å². The summed E-state index contributed by atoms with van der Waals surface area (Å²) in [6.07, 6.45) is 0. The first kappa shape index (κ1) is 11.9. The molecule has 17 heavy (non-hydrogen) atoms. The van der Waals surface area contributed by atoms with Gasteiger partial charge in [-0.1, -0.05) is 20.8 Å². The van der Waals surface area contributed by atoms with Crippen molar-refractivity contribution >= 4 is 17.0 Å². The maximum absolute atomic E-state index is 13.1. The molecular weight excluding hydrogens is 217 g/mol. The average molecular weight is 235 g/mol. The van der Waals surface area contributed by atoms with E-state index in [1.807, 2.05) is 4.57 Å². The highest BCUT2D eigenvalue weighted by Gasteiger charge is 2.25. The molecule has 1 aromatic carbocycles. The van der Waals surface area contributed by atoms with Gasteiger partial charge < -0.3 is 10.3 Å². The van der Waals surface area contributed by atoms with E-state index >= 15 is 0 Å². The average Bonchev–Trinajstić information content (AvgIpc) is 2.50. The van der Waals surface area contributed by atoms with E-state index in [-0.39, 0.29) is 17.3 Å². The Kier molecular flexibility index (Phi) is 2.60. The Labute approximate surface area is 100 Å². The zero-order valence-electron chi connectivity index (χ0n) is 10.7. The molecular formula is C13H18FN3. The molecule has 1 heterocycles.